The predicted octanol–water partition coefficient (Wildman–Crippen LogP) is 3.66. The monoisotopic (exact) mass is 257 g/mol. The second kappa shape index (κ2) is 4.67. The van der Waals surface area contributed by atoms with E-state index in [1.165, 1.54) is 12.1 Å². The maximum Gasteiger partial charge on any atom is 0.126 e. The highest BCUT2D eigenvalue weighted by molar-refractivity contribution is 5.40. The van der Waals surface area contributed by atoms with Crippen LogP contribution in [0.2, 0.25) is 0 Å². The van der Waals surface area contributed by atoms with E-state index in [9.17, 15) is 4.39 Å². The fraction of sp³-hybridized carbons (Fsp3) is 0.250. The van der Waals surface area contributed by atoms with Gasteiger partial charge in [0.2, 0.25) is 0 Å². The molecule has 0 aliphatic carbocycles. The molecular formula is C16H16FNO. The number of halogens is 1. The molecule has 2 aromatic rings. The van der Waals surface area contributed by atoms with Gasteiger partial charge in [0.1, 0.15) is 17.7 Å². The van der Waals surface area contributed by atoms with Gasteiger partial charge < -0.3 is 10.5 Å². The minimum Gasteiger partial charge on any atom is -0.485 e. The summed E-state index contributed by atoms with van der Waals surface area (Å²) in [7, 11) is 0. The summed E-state index contributed by atoms with van der Waals surface area (Å²) in [6, 6.07) is 12.6. The summed E-state index contributed by atoms with van der Waals surface area (Å²) >= 11 is 0. The van der Waals surface area contributed by atoms with Crippen LogP contribution in [-0.2, 0) is 0 Å². The van der Waals surface area contributed by atoms with Crippen molar-refractivity contribution in [2.24, 2.45) is 5.73 Å². The lowest BCUT2D eigenvalue weighted by molar-refractivity contribution is 0.161. The Hall–Kier alpha value is -1.87. The van der Waals surface area contributed by atoms with Gasteiger partial charge >= 0.3 is 0 Å². The molecule has 0 saturated carbocycles. The predicted molar refractivity (Wildman–Crippen MR) is 72.5 cm³/mol. The average molecular weight is 257 g/mol. The van der Waals surface area contributed by atoms with E-state index in [0.717, 1.165) is 22.4 Å². The van der Waals surface area contributed by atoms with E-state index in [0.29, 0.717) is 6.42 Å². The van der Waals surface area contributed by atoms with Gasteiger partial charge in [-0.3, -0.25) is 0 Å². The quantitative estimate of drug-likeness (QED) is 0.846. The maximum atomic E-state index is 13.2. The van der Waals surface area contributed by atoms with Crippen LogP contribution in [-0.4, -0.2) is 0 Å². The van der Waals surface area contributed by atoms with Crippen LogP contribution in [0.15, 0.2) is 42.5 Å². The summed E-state index contributed by atoms with van der Waals surface area (Å²) in [5.74, 6) is 0.608. The normalized spacial score (nSPS) is 21.6. The molecule has 1 unspecified atom stereocenters. The molecule has 0 radical (unpaired) electrons. The van der Waals surface area contributed by atoms with Crippen molar-refractivity contribution in [2.75, 3.05) is 0 Å². The molecule has 0 amide bonds. The number of aryl methyl sites for hydroxylation is 1. The molecule has 2 atom stereocenters. The van der Waals surface area contributed by atoms with Crippen molar-refractivity contribution in [3.63, 3.8) is 0 Å². The summed E-state index contributed by atoms with van der Waals surface area (Å²) in [5, 5.41) is 0. The van der Waals surface area contributed by atoms with E-state index in [-0.39, 0.29) is 18.0 Å². The summed E-state index contributed by atoms with van der Waals surface area (Å²) in [5.41, 5.74) is 9.15. The van der Waals surface area contributed by atoms with Gasteiger partial charge in [0.15, 0.2) is 0 Å². The van der Waals surface area contributed by atoms with Crippen molar-refractivity contribution in [1.29, 1.82) is 0 Å². The second-order valence-corrected chi connectivity index (χ2v) is 4.99. The third kappa shape index (κ3) is 2.22. The molecule has 3 heteroatoms. The van der Waals surface area contributed by atoms with E-state index in [1.807, 2.05) is 31.2 Å². The summed E-state index contributed by atoms with van der Waals surface area (Å²) < 4.78 is 19.2. The Morgan fingerprint density at radius 2 is 1.95 bits per heavy atom. The number of hydrogen-bond donors (Lipinski definition) is 1. The van der Waals surface area contributed by atoms with Crippen LogP contribution in [0.25, 0.3) is 0 Å². The highest BCUT2D eigenvalue weighted by atomic mass is 19.1. The maximum absolute atomic E-state index is 13.2. The molecule has 0 bridgehead atoms. The van der Waals surface area contributed by atoms with Crippen LogP contribution in [0.3, 0.4) is 0 Å². The Morgan fingerprint density at radius 1 is 1.16 bits per heavy atom. The first-order valence-corrected chi connectivity index (χ1v) is 6.42. The van der Waals surface area contributed by atoms with Crippen molar-refractivity contribution in [2.45, 2.75) is 25.5 Å². The topological polar surface area (TPSA) is 35.2 Å². The van der Waals surface area contributed by atoms with Gasteiger partial charge in [-0.25, -0.2) is 4.39 Å². The number of nitrogens with two attached hydrogens (primary N) is 1. The van der Waals surface area contributed by atoms with Gasteiger partial charge in [-0.2, -0.15) is 0 Å². The molecule has 19 heavy (non-hydrogen) atoms. The molecule has 1 aliphatic rings. The Morgan fingerprint density at radius 3 is 2.74 bits per heavy atom. The van der Waals surface area contributed by atoms with Crippen LogP contribution in [0.5, 0.6) is 5.75 Å². The zero-order valence-electron chi connectivity index (χ0n) is 10.8. The number of ether oxygens (including phenoxy) is 1. The first kappa shape index (κ1) is 12.2. The van der Waals surface area contributed by atoms with Gasteiger partial charge in [0.05, 0.1) is 0 Å². The Balaban J connectivity index is 1.97. The zero-order valence-corrected chi connectivity index (χ0v) is 10.8. The molecule has 2 aromatic carbocycles. The number of rotatable bonds is 1. The van der Waals surface area contributed by atoms with Gasteiger partial charge in [-0.15, -0.1) is 0 Å². The zero-order chi connectivity index (χ0) is 13.4. The highest BCUT2D eigenvalue weighted by Crippen LogP contribution is 2.40. The van der Waals surface area contributed by atoms with Gasteiger partial charge in [-0.1, -0.05) is 24.3 Å². The molecule has 1 aliphatic heterocycles. The smallest absolute Gasteiger partial charge is 0.126 e. The lowest BCUT2D eigenvalue weighted by Gasteiger charge is -2.31. The fourth-order valence-electron chi connectivity index (χ4n) is 2.64. The Bertz CT molecular complexity index is 611. The molecule has 2 N–H and O–H groups in total. The van der Waals surface area contributed by atoms with Crippen LogP contribution in [0.1, 0.15) is 35.3 Å². The minimum absolute atomic E-state index is 0.0422. The lowest BCUT2D eigenvalue weighted by Crippen LogP contribution is -2.24. The van der Waals surface area contributed by atoms with Gasteiger partial charge in [0, 0.05) is 18.0 Å². The minimum atomic E-state index is -0.221. The van der Waals surface area contributed by atoms with Crippen LogP contribution in [0, 0.1) is 12.7 Å². The standard InChI is InChI=1S/C16H16FNO/c1-10-8-11(17)6-7-12(10)16-9-14(18)13-4-2-3-5-15(13)19-16/h2-8,14,16H,9,18H2,1H3/t14-,16?/m1/s1. The number of benzene rings is 2. The van der Waals surface area contributed by atoms with Crippen molar-refractivity contribution in [3.05, 3.63) is 65.0 Å². The largest absolute Gasteiger partial charge is 0.485 e. The first-order valence-electron chi connectivity index (χ1n) is 6.42. The molecule has 2 nitrogen and oxygen atoms in total. The summed E-state index contributed by atoms with van der Waals surface area (Å²) in [6.45, 7) is 1.90. The first-order chi connectivity index (χ1) is 9.15. The Kier molecular flexibility index (Phi) is 2.99. The van der Waals surface area contributed by atoms with E-state index >= 15 is 0 Å². The third-order valence-corrected chi connectivity index (χ3v) is 3.63. The number of fused-ring (bicyclic) bond motifs is 1. The molecule has 3 rings (SSSR count). The molecule has 0 aromatic heterocycles. The highest BCUT2D eigenvalue weighted by Gasteiger charge is 2.27. The van der Waals surface area contributed by atoms with E-state index in [4.69, 9.17) is 10.5 Å². The molecule has 0 saturated heterocycles. The van der Waals surface area contributed by atoms with E-state index in [2.05, 4.69) is 0 Å². The van der Waals surface area contributed by atoms with Crippen molar-refractivity contribution < 1.29 is 9.13 Å². The average Bonchev–Trinajstić information content (AvgIpc) is 2.38. The second-order valence-electron chi connectivity index (χ2n) is 4.99. The molecule has 98 valence electrons. The van der Waals surface area contributed by atoms with Gasteiger partial charge in [-0.05, 0) is 36.2 Å². The SMILES string of the molecule is Cc1cc(F)ccc1C1C[C@@H](N)c2ccccc2O1. The molecule has 1 heterocycles. The lowest BCUT2D eigenvalue weighted by atomic mass is 9.92. The van der Waals surface area contributed by atoms with Crippen molar-refractivity contribution in [3.8, 4) is 5.75 Å². The molecular weight excluding hydrogens is 241 g/mol. The van der Waals surface area contributed by atoms with E-state index in [1.54, 1.807) is 6.07 Å². The van der Waals surface area contributed by atoms with Crippen LogP contribution < -0.4 is 10.5 Å². The third-order valence-electron chi connectivity index (χ3n) is 3.63. The fourth-order valence-corrected chi connectivity index (χ4v) is 2.64. The van der Waals surface area contributed by atoms with E-state index < -0.39 is 0 Å². The van der Waals surface area contributed by atoms with Crippen molar-refractivity contribution >= 4 is 0 Å². The van der Waals surface area contributed by atoms with Crippen molar-refractivity contribution in [1.82, 2.24) is 0 Å². The number of hydrogen-bond acceptors (Lipinski definition) is 2. The van der Waals surface area contributed by atoms with Gasteiger partial charge in [0.25, 0.3) is 0 Å². The number of para-hydroxylation sites is 1. The molecule has 0 spiro atoms. The van der Waals surface area contributed by atoms with Crippen LogP contribution >= 0.6 is 0 Å². The summed E-state index contributed by atoms with van der Waals surface area (Å²) in [6.07, 6.45) is 0.606. The Labute approximate surface area is 112 Å². The van der Waals surface area contributed by atoms with Crippen LogP contribution in [0.4, 0.5) is 4.39 Å². The summed E-state index contributed by atoms with van der Waals surface area (Å²) in [4.78, 5) is 0. The molecule has 0 fully saturated rings.